The minimum absolute atomic E-state index is 0.626. The number of hydrogen-bond acceptors (Lipinski definition) is 4. The van der Waals surface area contributed by atoms with Crippen LogP contribution in [0.25, 0.3) is 89.5 Å². The van der Waals surface area contributed by atoms with E-state index in [1.54, 1.807) is 0 Å². The van der Waals surface area contributed by atoms with Crippen molar-refractivity contribution in [2.45, 2.75) is 0 Å². The van der Waals surface area contributed by atoms with Crippen LogP contribution in [0.3, 0.4) is 0 Å². The molecule has 0 amide bonds. The van der Waals surface area contributed by atoms with Gasteiger partial charge in [0.05, 0.1) is 0 Å². The third kappa shape index (κ3) is 5.56. The fraction of sp³-hybridized carbons (Fsp3) is 0. The van der Waals surface area contributed by atoms with Crippen molar-refractivity contribution in [3.8, 4) is 67.5 Å². The first-order valence-electron chi connectivity index (χ1n) is 16.4. The van der Waals surface area contributed by atoms with Gasteiger partial charge in [-0.3, -0.25) is 0 Å². The van der Waals surface area contributed by atoms with Crippen LogP contribution in [0.1, 0.15) is 0 Å². The molecule has 0 fully saturated rings. The number of rotatable bonds is 6. The van der Waals surface area contributed by atoms with Crippen molar-refractivity contribution in [1.82, 2.24) is 15.0 Å². The molecule has 0 aliphatic carbocycles. The molecular formula is C45H29N3O. The molecule has 0 saturated heterocycles. The van der Waals surface area contributed by atoms with Crippen LogP contribution in [0.5, 0.6) is 0 Å². The van der Waals surface area contributed by atoms with E-state index in [1.807, 2.05) is 60.7 Å². The second kappa shape index (κ2) is 12.2. The maximum absolute atomic E-state index is 6.07. The van der Waals surface area contributed by atoms with Crippen molar-refractivity contribution < 1.29 is 4.42 Å². The van der Waals surface area contributed by atoms with Crippen LogP contribution in [0, 0.1) is 0 Å². The molecule has 0 radical (unpaired) electrons. The lowest BCUT2D eigenvalue weighted by atomic mass is 9.99. The highest BCUT2D eigenvalue weighted by Crippen LogP contribution is 2.34. The first kappa shape index (κ1) is 28.6. The van der Waals surface area contributed by atoms with Crippen LogP contribution in [0.15, 0.2) is 180 Å². The van der Waals surface area contributed by atoms with Crippen LogP contribution in [0.4, 0.5) is 0 Å². The summed E-state index contributed by atoms with van der Waals surface area (Å²) in [6, 6.07) is 60.6. The zero-order valence-corrected chi connectivity index (χ0v) is 26.5. The largest absolute Gasteiger partial charge is 0.456 e. The molecule has 0 saturated carbocycles. The Kier molecular flexibility index (Phi) is 7.10. The van der Waals surface area contributed by atoms with Crippen molar-refractivity contribution in [3.05, 3.63) is 176 Å². The van der Waals surface area contributed by atoms with E-state index in [1.165, 1.54) is 11.1 Å². The Morgan fingerprint density at radius 1 is 0.265 bits per heavy atom. The van der Waals surface area contributed by atoms with Crippen LogP contribution >= 0.6 is 0 Å². The standard InChI is InChI=1S/C45H29N3O/c1-3-10-30(11-4-1)31-18-20-32(21-19-31)33-22-24-35(25-23-33)44-46-43(34-12-5-2-6-13-34)47-45(48-44)38-15-9-14-36(28-38)37-26-27-42-40(29-37)39-16-7-8-17-41(39)49-42/h1-29H. The lowest BCUT2D eigenvalue weighted by molar-refractivity contribution is 0.669. The minimum atomic E-state index is 0.626. The second-order valence-electron chi connectivity index (χ2n) is 12.1. The second-order valence-corrected chi connectivity index (χ2v) is 12.1. The summed E-state index contributed by atoms with van der Waals surface area (Å²) in [6.07, 6.45) is 0. The quantitative estimate of drug-likeness (QED) is 0.184. The summed E-state index contributed by atoms with van der Waals surface area (Å²) in [5.74, 6) is 1.89. The molecule has 0 spiro atoms. The molecule has 0 aliphatic rings. The van der Waals surface area contributed by atoms with Gasteiger partial charge in [-0.05, 0) is 57.6 Å². The molecule has 0 aliphatic heterocycles. The summed E-state index contributed by atoms with van der Waals surface area (Å²) in [4.78, 5) is 15.0. The van der Waals surface area contributed by atoms with Gasteiger partial charge in [-0.25, -0.2) is 15.0 Å². The average molecular weight is 628 g/mol. The molecule has 4 nitrogen and oxygen atoms in total. The summed E-state index contributed by atoms with van der Waals surface area (Å²) in [6.45, 7) is 0. The van der Waals surface area contributed by atoms with E-state index in [0.29, 0.717) is 17.5 Å². The van der Waals surface area contributed by atoms with E-state index in [-0.39, 0.29) is 0 Å². The predicted molar refractivity (Wildman–Crippen MR) is 200 cm³/mol. The molecule has 0 atom stereocenters. The van der Waals surface area contributed by atoms with Crippen molar-refractivity contribution in [3.63, 3.8) is 0 Å². The first-order valence-corrected chi connectivity index (χ1v) is 16.4. The van der Waals surface area contributed by atoms with Crippen LogP contribution in [0.2, 0.25) is 0 Å². The molecule has 7 aromatic carbocycles. The monoisotopic (exact) mass is 627 g/mol. The highest BCUT2D eigenvalue weighted by Gasteiger charge is 2.14. The number of furan rings is 1. The fourth-order valence-electron chi connectivity index (χ4n) is 6.39. The minimum Gasteiger partial charge on any atom is -0.456 e. The molecule has 0 bridgehead atoms. The zero-order valence-electron chi connectivity index (χ0n) is 26.5. The van der Waals surface area contributed by atoms with Gasteiger partial charge in [-0.15, -0.1) is 0 Å². The highest BCUT2D eigenvalue weighted by molar-refractivity contribution is 6.06. The Morgan fingerprint density at radius 3 is 1.33 bits per heavy atom. The first-order chi connectivity index (χ1) is 24.2. The van der Waals surface area contributed by atoms with Crippen molar-refractivity contribution in [1.29, 1.82) is 0 Å². The maximum atomic E-state index is 6.07. The lowest BCUT2D eigenvalue weighted by Gasteiger charge is -2.10. The molecule has 4 heteroatoms. The molecule has 230 valence electrons. The normalized spacial score (nSPS) is 11.3. The van der Waals surface area contributed by atoms with E-state index in [0.717, 1.165) is 60.9 Å². The van der Waals surface area contributed by atoms with Gasteiger partial charge in [-0.1, -0.05) is 152 Å². The van der Waals surface area contributed by atoms with Crippen molar-refractivity contribution in [2.75, 3.05) is 0 Å². The SMILES string of the molecule is c1ccc(-c2ccc(-c3ccc(-c4nc(-c5ccccc5)nc(-c5cccc(-c6ccc7oc8ccccc8c7c6)c5)n4)cc3)cc2)cc1. The number of nitrogens with zero attached hydrogens (tertiary/aromatic N) is 3. The molecular weight excluding hydrogens is 599 g/mol. The summed E-state index contributed by atoms with van der Waals surface area (Å²) < 4.78 is 6.07. The van der Waals surface area contributed by atoms with Gasteiger partial charge < -0.3 is 4.42 Å². The number of benzene rings is 7. The van der Waals surface area contributed by atoms with Crippen molar-refractivity contribution in [2.24, 2.45) is 0 Å². The Bertz CT molecular complexity index is 2570. The summed E-state index contributed by atoms with van der Waals surface area (Å²) in [5, 5.41) is 2.21. The number of aromatic nitrogens is 3. The van der Waals surface area contributed by atoms with E-state index in [2.05, 4.69) is 115 Å². The topological polar surface area (TPSA) is 51.8 Å². The van der Waals surface area contributed by atoms with E-state index < -0.39 is 0 Å². The predicted octanol–water partition coefficient (Wildman–Crippen LogP) is 11.8. The molecule has 9 aromatic rings. The van der Waals surface area contributed by atoms with Crippen LogP contribution in [-0.2, 0) is 0 Å². The zero-order chi connectivity index (χ0) is 32.6. The van der Waals surface area contributed by atoms with E-state index in [9.17, 15) is 0 Å². The highest BCUT2D eigenvalue weighted by atomic mass is 16.3. The molecule has 2 aromatic heterocycles. The average Bonchev–Trinajstić information content (AvgIpc) is 3.57. The third-order valence-corrected chi connectivity index (χ3v) is 8.97. The summed E-state index contributed by atoms with van der Waals surface area (Å²) >= 11 is 0. The Labute approximate surface area is 284 Å². The Morgan fingerprint density at radius 2 is 0.673 bits per heavy atom. The smallest absolute Gasteiger partial charge is 0.164 e. The van der Waals surface area contributed by atoms with Crippen molar-refractivity contribution >= 4 is 21.9 Å². The number of hydrogen-bond donors (Lipinski definition) is 0. The summed E-state index contributed by atoms with van der Waals surface area (Å²) in [5.41, 5.74) is 11.5. The van der Waals surface area contributed by atoms with Gasteiger partial charge in [0.2, 0.25) is 0 Å². The molecule has 0 N–H and O–H groups in total. The van der Waals surface area contributed by atoms with Gasteiger partial charge in [0, 0.05) is 27.5 Å². The number of fused-ring (bicyclic) bond motifs is 3. The Balaban J connectivity index is 1.08. The van der Waals surface area contributed by atoms with Gasteiger partial charge >= 0.3 is 0 Å². The molecule has 0 unspecified atom stereocenters. The van der Waals surface area contributed by atoms with Crippen LogP contribution < -0.4 is 0 Å². The van der Waals surface area contributed by atoms with Gasteiger partial charge in [-0.2, -0.15) is 0 Å². The van der Waals surface area contributed by atoms with Crippen LogP contribution in [-0.4, -0.2) is 15.0 Å². The third-order valence-electron chi connectivity index (χ3n) is 8.97. The number of para-hydroxylation sites is 1. The van der Waals surface area contributed by atoms with E-state index >= 15 is 0 Å². The fourth-order valence-corrected chi connectivity index (χ4v) is 6.39. The van der Waals surface area contributed by atoms with Gasteiger partial charge in [0.25, 0.3) is 0 Å². The Hall–Kier alpha value is -6.65. The summed E-state index contributed by atoms with van der Waals surface area (Å²) in [7, 11) is 0. The molecule has 49 heavy (non-hydrogen) atoms. The lowest BCUT2D eigenvalue weighted by Crippen LogP contribution is -2.00. The van der Waals surface area contributed by atoms with E-state index in [4.69, 9.17) is 19.4 Å². The maximum Gasteiger partial charge on any atom is 0.164 e. The van der Waals surface area contributed by atoms with Gasteiger partial charge in [0.1, 0.15) is 11.2 Å². The molecule has 2 heterocycles. The molecule has 9 rings (SSSR count). The van der Waals surface area contributed by atoms with Gasteiger partial charge in [0.15, 0.2) is 17.5 Å².